The fourth-order valence-corrected chi connectivity index (χ4v) is 3.33. The van der Waals surface area contributed by atoms with Crippen LogP contribution in [0.1, 0.15) is 70.3 Å². The van der Waals surface area contributed by atoms with Gasteiger partial charge in [0.25, 0.3) is 0 Å². The van der Waals surface area contributed by atoms with Crippen LogP contribution < -0.4 is 5.32 Å². The minimum absolute atomic E-state index is 0.576. The molecule has 108 valence electrons. The number of aromatic nitrogens is 2. The Kier molecular flexibility index (Phi) is 6.42. The molecule has 1 aromatic heterocycles. The fraction of sp³-hybridized carbons (Fsp3) is 0.812. The van der Waals surface area contributed by atoms with Gasteiger partial charge in [0.05, 0.1) is 6.33 Å². The molecule has 2 unspecified atom stereocenters. The first-order valence-electron chi connectivity index (χ1n) is 8.06. The summed E-state index contributed by atoms with van der Waals surface area (Å²) in [7, 11) is 2.11. The summed E-state index contributed by atoms with van der Waals surface area (Å²) in [4.78, 5) is 4.23. The Labute approximate surface area is 117 Å². The summed E-state index contributed by atoms with van der Waals surface area (Å²) in [6.07, 6.45) is 19.8. The minimum Gasteiger partial charge on any atom is -0.333 e. The Morgan fingerprint density at radius 3 is 2.16 bits per heavy atom. The van der Waals surface area contributed by atoms with Gasteiger partial charge in [-0.1, -0.05) is 51.4 Å². The van der Waals surface area contributed by atoms with Gasteiger partial charge in [-0.2, -0.15) is 0 Å². The van der Waals surface area contributed by atoms with Crippen LogP contribution in [0.25, 0.3) is 0 Å². The zero-order valence-corrected chi connectivity index (χ0v) is 12.4. The predicted octanol–water partition coefficient (Wildman–Crippen LogP) is 3.93. The highest BCUT2D eigenvalue weighted by Gasteiger charge is 2.20. The Balaban J connectivity index is 2.00. The van der Waals surface area contributed by atoms with E-state index in [0.717, 1.165) is 0 Å². The van der Waals surface area contributed by atoms with Crippen molar-refractivity contribution in [2.75, 3.05) is 7.05 Å². The van der Waals surface area contributed by atoms with Crippen LogP contribution in [0.15, 0.2) is 18.7 Å². The number of likely N-dealkylation sites (N-methyl/N-ethyl adjacent to an activating group) is 1. The molecule has 0 aliphatic heterocycles. The molecule has 1 fully saturated rings. The Bertz CT molecular complexity index is 321. The van der Waals surface area contributed by atoms with Crippen molar-refractivity contribution in [2.24, 2.45) is 0 Å². The van der Waals surface area contributed by atoms with Gasteiger partial charge in [-0.15, -0.1) is 0 Å². The summed E-state index contributed by atoms with van der Waals surface area (Å²) in [5.41, 5.74) is 0. The molecule has 1 heterocycles. The maximum Gasteiger partial charge on any atom is 0.0949 e. The lowest BCUT2D eigenvalue weighted by Gasteiger charge is -2.28. The van der Waals surface area contributed by atoms with Gasteiger partial charge in [-0.25, -0.2) is 4.98 Å². The zero-order chi connectivity index (χ0) is 13.3. The van der Waals surface area contributed by atoms with Gasteiger partial charge < -0.3 is 9.88 Å². The van der Waals surface area contributed by atoms with E-state index >= 15 is 0 Å². The summed E-state index contributed by atoms with van der Waals surface area (Å²) < 4.78 is 2.31. The van der Waals surface area contributed by atoms with E-state index in [1.807, 2.05) is 12.5 Å². The van der Waals surface area contributed by atoms with Crippen molar-refractivity contribution in [3.63, 3.8) is 0 Å². The van der Waals surface area contributed by atoms with Crippen LogP contribution in [0.3, 0.4) is 0 Å². The van der Waals surface area contributed by atoms with E-state index in [1.54, 1.807) is 0 Å². The lowest BCUT2D eigenvalue weighted by molar-refractivity contribution is 0.308. The summed E-state index contributed by atoms with van der Waals surface area (Å²) in [5, 5.41) is 3.55. The van der Waals surface area contributed by atoms with Crippen LogP contribution in [-0.2, 0) is 0 Å². The second-order valence-corrected chi connectivity index (χ2v) is 5.88. The van der Waals surface area contributed by atoms with Crippen molar-refractivity contribution in [3.05, 3.63) is 18.7 Å². The topological polar surface area (TPSA) is 29.9 Å². The van der Waals surface area contributed by atoms with Crippen LogP contribution in [0.4, 0.5) is 0 Å². The van der Waals surface area contributed by atoms with E-state index in [2.05, 4.69) is 28.1 Å². The highest BCUT2D eigenvalue weighted by molar-refractivity contribution is 4.87. The smallest absolute Gasteiger partial charge is 0.0949 e. The number of imidazole rings is 1. The molecule has 0 amide bonds. The quantitative estimate of drug-likeness (QED) is 0.876. The van der Waals surface area contributed by atoms with Crippen molar-refractivity contribution in [1.82, 2.24) is 14.9 Å². The van der Waals surface area contributed by atoms with Crippen LogP contribution in [0.2, 0.25) is 0 Å². The number of rotatable bonds is 2. The summed E-state index contributed by atoms with van der Waals surface area (Å²) in [6, 6.07) is 1.17. The molecule has 1 saturated carbocycles. The number of nitrogens with zero attached hydrogens (tertiary/aromatic N) is 2. The Hall–Kier alpha value is -0.830. The van der Waals surface area contributed by atoms with Crippen molar-refractivity contribution in [3.8, 4) is 0 Å². The van der Waals surface area contributed by atoms with E-state index in [9.17, 15) is 0 Å². The molecule has 0 saturated heterocycles. The number of hydrogen-bond acceptors (Lipinski definition) is 2. The molecule has 2 atom stereocenters. The molecule has 1 aromatic rings. The maximum atomic E-state index is 4.23. The molecule has 1 aliphatic rings. The molecular formula is C16H29N3. The molecule has 0 aromatic carbocycles. The standard InChI is InChI=1S/C16H29N3/c1-17-15-10-8-6-4-2-3-5-7-9-11-16(15)19-13-12-18-14-19/h12-17H,2-11H2,1H3. The average molecular weight is 263 g/mol. The van der Waals surface area contributed by atoms with Gasteiger partial charge in [0.2, 0.25) is 0 Å². The van der Waals surface area contributed by atoms with E-state index in [4.69, 9.17) is 0 Å². The molecular weight excluding hydrogens is 234 g/mol. The van der Waals surface area contributed by atoms with Gasteiger partial charge in [-0.05, 0) is 19.9 Å². The molecule has 2 rings (SSSR count). The van der Waals surface area contributed by atoms with Gasteiger partial charge in [0, 0.05) is 24.5 Å². The largest absolute Gasteiger partial charge is 0.333 e. The Morgan fingerprint density at radius 2 is 1.58 bits per heavy atom. The summed E-state index contributed by atoms with van der Waals surface area (Å²) >= 11 is 0. The van der Waals surface area contributed by atoms with E-state index in [1.165, 1.54) is 64.2 Å². The highest BCUT2D eigenvalue weighted by Crippen LogP contribution is 2.25. The first kappa shape index (κ1) is 14.6. The molecule has 0 radical (unpaired) electrons. The Morgan fingerprint density at radius 1 is 0.947 bits per heavy atom. The van der Waals surface area contributed by atoms with E-state index in [0.29, 0.717) is 12.1 Å². The van der Waals surface area contributed by atoms with Gasteiger partial charge in [-0.3, -0.25) is 0 Å². The van der Waals surface area contributed by atoms with Crippen LogP contribution in [-0.4, -0.2) is 22.6 Å². The molecule has 0 spiro atoms. The van der Waals surface area contributed by atoms with Crippen LogP contribution in [0.5, 0.6) is 0 Å². The molecule has 3 heteroatoms. The second kappa shape index (κ2) is 8.36. The van der Waals surface area contributed by atoms with Gasteiger partial charge in [0.1, 0.15) is 0 Å². The average Bonchev–Trinajstić information content (AvgIpc) is 2.93. The first-order chi connectivity index (χ1) is 9.42. The van der Waals surface area contributed by atoms with Crippen molar-refractivity contribution in [2.45, 2.75) is 76.3 Å². The maximum absolute atomic E-state index is 4.23. The third-order valence-corrected chi connectivity index (χ3v) is 4.51. The number of hydrogen-bond donors (Lipinski definition) is 1. The van der Waals surface area contributed by atoms with E-state index < -0.39 is 0 Å². The highest BCUT2D eigenvalue weighted by atomic mass is 15.1. The minimum atomic E-state index is 0.576. The summed E-state index contributed by atoms with van der Waals surface area (Å²) in [6.45, 7) is 0. The molecule has 3 nitrogen and oxygen atoms in total. The van der Waals surface area contributed by atoms with Gasteiger partial charge >= 0.3 is 0 Å². The molecule has 1 aliphatic carbocycles. The molecule has 19 heavy (non-hydrogen) atoms. The zero-order valence-electron chi connectivity index (χ0n) is 12.4. The molecule has 0 bridgehead atoms. The third-order valence-electron chi connectivity index (χ3n) is 4.51. The third kappa shape index (κ3) is 4.64. The van der Waals surface area contributed by atoms with E-state index in [-0.39, 0.29) is 0 Å². The lowest BCUT2D eigenvalue weighted by atomic mass is 9.94. The predicted molar refractivity (Wildman–Crippen MR) is 80.3 cm³/mol. The van der Waals surface area contributed by atoms with Gasteiger partial charge in [0.15, 0.2) is 0 Å². The monoisotopic (exact) mass is 263 g/mol. The van der Waals surface area contributed by atoms with Crippen molar-refractivity contribution < 1.29 is 0 Å². The second-order valence-electron chi connectivity index (χ2n) is 5.88. The first-order valence-corrected chi connectivity index (χ1v) is 8.06. The summed E-state index contributed by atoms with van der Waals surface area (Å²) in [5.74, 6) is 0. The van der Waals surface area contributed by atoms with Crippen LogP contribution >= 0.6 is 0 Å². The van der Waals surface area contributed by atoms with Crippen molar-refractivity contribution in [1.29, 1.82) is 0 Å². The number of nitrogens with one attached hydrogen (secondary N) is 1. The fourth-order valence-electron chi connectivity index (χ4n) is 3.33. The lowest BCUT2D eigenvalue weighted by Crippen LogP contribution is -2.35. The van der Waals surface area contributed by atoms with Crippen molar-refractivity contribution >= 4 is 0 Å². The molecule has 1 N–H and O–H groups in total. The SMILES string of the molecule is CNC1CCCCCCCCCCC1n1ccnc1. The normalized spacial score (nSPS) is 27.4. The van der Waals surface area contributed by atoms with Crippen LogP contribution in [0, 0.1) is 0 Å².